The zero-order valence-corrected chi connectivity index (χ0v) is 15.0. The summed E-state index contributed by atoms with van der Waals surface area (Å²) in [5.74, 6) is 1.24. The number of carbonyl (C=O) groups excluding carboxylic acids is 1. The molecule has 1 fully saturated rings. The van der Waals surface area contributed by atoms with Gasteiger partial charge in [0.25, 0.3) is 5.91 Å². The molecule has 0 aliphatic carbocycles. The number of ether oxygens (including phenoxy) is 1. The molecule has 0 radical (unpaired) electrons. The van der Waals surface area contributed by atoms with Gasteiger partial charge in [0, 0.05) is 18.6 Å². The van der Waals surface area contributed by atoms with E-state index in [1.54, 1.807) is 0 Å². The second-order valence-corrected chi connectivity index (χ2v) is 7.12. The minimum absolute atomic E-state index is 0.0561. The van der Waals surface area contributed by atoms with Crippen molar-refractivity contribution in [2.75, 3.05) is 6.54 Å². The Morgan fingerprint density at radius 2 is 2.04 bits per heavy atom. The van der Waals surface area contributed by atoms with Gasteiger partial charge in [-0.1, -0.05) is 26.0 Å². The molecule has 4 nitrogen and oxygen atoms in total. The number of likely N-dealkylation sites (tertiary alicyclic amines) is 1. The van der Waals surface area contributed by atoms with Crippen molar-refractivity contribution in [1.82, 2.24) is 4.90 Å². The predicted octanol–water partition coefficient (Wildman–Crippen LogP) is 3.22. The van der Waals surface area contributed by atoms with Gasteiger partial charge in [-0.3, -0.25) is 4.79 Å². The van der Waals surface area contributed by atoms with Gasteiger partial charge in [0.05, 0.1) is 0 Å². The Morgan fingerprint density at radius 3 is 2.65 bits per heavy atom. The van der Waals surface area contributed by atoms with Gasteiger partial charge in [-0.15, -0.1) is 0 Å². The first kappa shape index (κ1) is 17.8. The van der Waals surface area contributed by atoms with E-state index >= 15 is 0 Å². The molecular formula is C19H30N2O2. The number of carbonyl (C=O) groups is 1. The Bertz CT molecular complexity index is 556. The average molecular weight is 318 g/mol. The maximum Gasteiger partial charge on any atom is 0.263 e. The molecular weight excluding hydrogens is 288 g/mol. The lowest BCUT2D eigenvalue weighted by molar-refractivity contribution is -0.141. The van der Waals surface area contributed by atoms with Gasteiger partial charge in [0.1, 0.15) is 5.75 Å². The molecule has 2 N–H and O–H groups in total. The van der Waals surface area contributed by atoms with E-state index in [-0.39, 0.29) is 18.0 Å². The summed E-state index contributed by atoms with van der Waals surface area (Å²) in [7, 11) is 0. The molecule has 0 spiro atoms. The third-order valence-corrected chi connectivity index (χ3v) is 4.64. The molecule has 1 amide bonds. The smallest absolute Gasteiger partial charge is 0.263 e. The van der Waals surface area contributed by atoms with Crippen LogP contribution in [0.15, 0.2) is 18.2 Å². The van der Waals surface area contributed by atoms with Crippen LogP contribution < -0.4 is 10.5 Å². The van der Waals surface area contributed by atoms with E-state index in [1.165, 1.54) is 0 Å². The highest BCUT2D eigenvalue weighted by Gasteiger charge is 2.31. The van der Waals surface area contributed by atoms with Crippen LogP contribution in [0.1, 0.15) is 57.6 Å². The Hall–Kier alpha value is -1.55. The molecule has 0 unspecified atom stereocenters. The van der Waals surface area contributed by atoms with Crippen LogP contribution in [-0.4, -0.2) is 35.5 Å². The maximum absolute atomic E-state index is 12.7. The van der Waals surface area contributed by atoms with Crippen molar-refractivity contribution in [2.45, 2.75) is 71.6 Å². The monoisotopic (exact) mass is 318 g/mol. The van der Waals surface area contributed by atoms with Crippen molar-refractivity contribution in [2.24, 2.45) is 5.73 Å². The number of aryl methyl sites for hydroxylation is 1. The van der Waals surface area contributed by atoms with Crippen LogP contribution >= 0.6 is 0 Å². The largest absolute Gasteiger partial charge is 0.481 e. The van der Waals surface area contributed by atoms with E-state index in [0.717, 1.165) is 36.3 Å². The molecule has 0 saturated carbocycles. The van der Waals surface area contributed by atoms with Gasteiger partial charge in [0.2, 0.25) is 0 Å². The summed E-state index contributed by atoms with van der Waals surface area (Å²) in [6.45, 7) is 10.9. The Morgan fingerprint density at radius 1 is 1.35 bits per heavy atom. The number of nitrogens with two attached hydrogens (primary N) is 1. The predicted molar refractivity (Wildman–Crippen MR) is 93.7 cm³/mol. The van der Waals surface area contributed by atoms with Crippen LogP contribution in [0.2, 0.25) is 0 Å². The third kappa shape index (κ3) is 4.25. The summed E-state index contributed by atoms with van der Waals surface area (Å²) in [5.41, 5.74) is 8.27. The molecule has 1 heterocycles. The lowest BCUT2D eigenvalue weighted by atomic mass is 9.98. The topological polar surface area (TPSA) is 55.6 Å². The van der Waals surface area contributed by atoms with E-state index in [9.17, 15) is 4.79 Å². The number of hydrogen-bond donors (Lipinski definition) is 1. The minimum Gasteiger partial charge on any atom is -0.481 e. The number of amides is 1. The van der Waals surface area contributed by atoms with E-state index in [0.29, 0.717) is 5.92 Å². The molecule has 128 valence electrons. The molecule has 23 heavy (non-hydrogen) atoms. The standard InChI is InChI=1S/C19H30N2O2/c1-12(2)17-7-6-13(3)10-18(17)23-15(5)19(22)21-9-8-16(20)11-14(21)4/h6-7,10,12,14-16H,8-9,11,20H2,1-5H3/t14-,15+,16+/m0/s1. The number of rotatable bonds is 4. The summed E-state index contributed by atoms with van der Waals surface area (Å²) in [6.07, 6.45) is 1.25. The summed E-state index contributed by atoms with van der Waals surface area (Å²) in [4.78, 5) is 14.7. The second kappa shape index (κ2) is 7.35. The molecule has 0 aromatic heterocycles. The van der Waals surface area contributed by atoms with Crippen molar-refractivity contribution < 1.29 is 9.53 Å². The first-order chi connectivity index (χ1) is 10.8. The molecule has 1 saturated heterocycles. The highest BCUT2D eigenvalue weighted by atomic mass is 16.5. The lowest BCUT2D eigenvalue weighted by Gasteiger charge is -2.37. The second-order valence-electron chi connectivity index (χ2n) is 7.12. The molecule has 1 aromatic carbocycles. The van der Waals surface area contributed by atoms with Gasteiger partial charge < -0.3 is 15.4 Å². The third-order valence-electron chi connectivity index (χ3n) is 4.64. The van der Waals surface area contributed by atoms with Crippen LogP contribution in [0, 0.1) is 6.92 Å². The number of hydrogen-bond acceptors (Lipinski definition) is 3. The minimum atomic E-state index is -0.480. The van der Waals surface area contributed by atoms with Crippen molar-refractivity contribution in [1.29, 1.82) is 0 Å². The number of nitrogens with zero attached hydrogens (tertiary/aromatic N) is 1. The van der Waals surface area contributed by atoms with Crippen molar-refractivity contribution in [3.8, 4) is 5.75 Å². The van der Waals surface area contributed by atoms with E-state index in [4.69, 9.17) is 10.5 Å². The van der Waals surface area contributed by atoms with Gasteiger partial charge in [-0.2, -0.15) is 0 Å². The first-order valence-corrected chi connectivity index (χ1v) is 8.62. The van der Waals surface area contributed by atoms with Crippen molar-refractivity contribution in [3.63, 3.8) is 0 Å². The number of benzene rings is 1. The quantitative estimate of drug-likeness (QED) is 0.927. The SMILES string of the molecule is Cc1ccc(C(C)C)c(O[C@H](C)C(=O)N2CC[C@@H](N)C[C@@H]2C)c1. The summed E-state index contributed by atoms with van der Waals surface area (Å²) < 4.78 is 6.06. The van der Waals surface area contributed by atoms with Crippen LogP contribution in [0.25, 0.3) is 0 Å². The van der Waals surface area contributed by atoms with Crippen LogP contribution in [0.4, 0.5) is 0 Å². The normalized spacial score (nSPS) is 23.0. The van der Waals surface area contributed by atoms with E-state index in [1.807, 2.05) is 24.8 Å². The molecule has 3 atom stereocenters. The average Bonchev–Trinajstić information content (AvgIpc) is 2.46. The van der Waals surface area contributed by atoms with Crippen LogP contribution in [-0.2, 0) is 4.79 Å². The Balaban J connectivity index is 2.11. The van der Waals surface area contributed by atoms with Crippen LogP contribution in [0.5, 0.6) is 5.75 Å². The molecule has 1 aliphatic rings. The van der Waals surface area contributed by atoms with Gasteiger partial charge >= 0.3 is 0 Å². The zero-order chi connectivity index (χ0) is 17.1. The Labute approximate surface area is 140 Å². The zero-order valence-electron chi connectivity index (χ0n) is 15.0. The highest BCUT2D eigenvalue weighted by molar-refractivity contribution is 5.81. The highest BCUT2D eigenvalue weighted by Crippen LogP contribution is 2.29. The van der Waals surface area contributed by atoms with Gasteiger partial charge in [-0.05, 0) is 56.7 Å². The van der Waals surface area contributed by atoms with E-state index in [2.05, 4.69) is 32.9 Å². The van der Waals surface area contributed by atoms with E-state index < -0.39 is 6.10 Å². The van der Waals surface area contributed by atoms with Gasteiger partial charge in [0.15, 0.2) is 6.10 Å². The van der Waals surface area contributed by atoms with Crippen LogP contribution in [0.3, 0.4) is 0 Å². The fourth-order valence-electron chi connectivity index (χ4n) is 3.23. The maximum atomic E-state index is 12.7. The molecule has 2 rings (SSSR count). The molecule has 1 aliphatic heterocycles. The summed E-state index contributed by atoms with van der Waals surface area (Å²) >= 11 is 0. The van der Waals surface area contributed by atoms with Crippen molar-refractivity contribution >= 4 is 5.91 Å². The fourth-order valence-corrected chi connectivity index (χ4v) is 3.23. The summed E-state index contributed by atoms with van der Waals surface area (Å²) in [6, 6.07) is 6.58. The summed E-state index contributed by atoms with van der Waals surface area (Å²) in [5, 5.41) is 0. The van der Waals surface area contributed by atoms with Crippen molar-refractivity contribution in [3.05, 3.63) is 29.3 Å². The lowest BCUT2D eigenvalue weighted by Crippen LogP contribution is -2.52. The Kier molecular flexibility index (Phi) is 5.69. The van der Waals surface area contributed by atoms with Gasteiger partial charge in [-0.25, -0.2) is 0 Å². The number of piperidine rings is 1. The molecule has 0 bridgehead atoms. The molecule has 1 aromatic rings. The molecule has 4 heteroatoms. The first-order valence-electron chi connectivity index (χ1n) is 8.62. The fraction of sp³-hybridized carbons (Fsp3) is 0.632.